The third-order valence-corrected chi connectivity index (χ3v) is 3.97. The molecule has 1 aromatic heterocycles. The Morgan fingerprint density at radius 1 is 1.47 bits per heavy atom. The van der Waals surface area contributed by atoms with Gasteiger partial charge in [-0.05, 0) is 32.9 Å². The van der Waals surface area contributed by atoms with E-state index in [4.69, 9.17) is 0 Å². The van der Waals surface area contributed by atoms with Crippen LogP contribution in [0.3, 0.4) is 0 Å². The standard InChI is InChI=1S/C12H18N2OS.ClH/c1-8-7-14(9(2)6-13-8)12(15)11-5-4-10(3)16-11;/h4-5,8-9,13H,6-7H2,1-3H3;1H. The lowest BCUT2D eigenvalue weighted by Crippen LogP contribution is -2.56. The lowest BCUT2D eigenvalue weighted by Gasteiger charge is -2.37. The molecule has 0 saturated carbocycles. The average molecular weight is 275 g/mol. The van der Waals surface area contributed by atoms with Gasteiger partial charge in [0.25, 0.3) is 5.91 Å². The second-order valence-electron chi connectivity index (χ2n) is 4.53. The van der Waals surface area contributed by atoms with Crippen molar-refractivity contribution in [1.82, 2.24) is 10.2 Å². The minimum absolute atomic E-state index is 0. The number of hydrogen-bond acceptors (Lipinski definition) is 3. The lowest BCUT2D eigenvalue weighted by molar-refractivity contribution is 0.0621. The summed E-state index contributed by atoms with van der Waals surface area (Å²) in [5.41, 5.74) is 0. The minimum Gasteiger partial charge on any atom is -0.332 e. The maximum absolute atomic E-state index is 12.3. The van der Waals surface area contributed by atoms with E-state index in [-0.39, 0.29) is 24.4 Å². The van der Waals surface area contributed by atoms with Crippen LogP contribution >= 0.6 is 23.7 Å². The van der Waals surface area contributed by atoms with Gasteiger partial charge >= 0.3 is 0 Å². The highest BCUT2D eigenvalue weighted by Gasteiger charge is 2.27. The van der Waals surface area contributed by atoms with Gasteiger partial charge in [0.2, 0.25) is 0 Å². The molecule has 3 nitrogen and oxygen atoms in total. The number of halogens is 1. The average Bonchev–Trinajstić information content (AvgIpc) is 2.67. The molecule has 2 atom stereocenters. The van der Waals surface area contributed by atoms with Crippen molar-refractivity contribution in [2.75, 3.05) is 13.1 Å². The first kappa shape index (κ1) is 14.5. The molecule has 5 heteroatoms. The number of amides is 1. The van der Waals surface area contributed by atoms with Gasteiger partial charge in [0.1, 0.15) is 0 Å². The number of rotatable bonds is 1. The summed E-state index contributed by atoms with van der Waals surface area (Å²) in [6, 6.07) is 4.61. The smallest absolute Gasteiger partial charge is 0.264 e. The molecule has 2 rings (SSSR count). The molecule has 1 saturated heterocycles. The summed E-state index contributed by atoms with van der Waals surface area (Å²) in [5.74, 6) is 0.180. The summed E-state index contributed by atoms with van der Waals surface area (Å²) in [7, 11) is 0. The highest BCUT2D eigenvalue weighted by atomic mass is 35.5. The van der Waals surface area contributed by atoms with Gasteiger partial charge in [0.05, 0.1) is 4.88 Å². The minimum atomic E-state index is 0. The molecule has 0 bridgehead atoms. The topological polar surface area (TPSA) is 32.3 Å². The second kappa shape index (κ2) is 5.85. The van der Waals surface area contributed by atoms with Crippen molar-refractivity contribution in [2.24, 2.45) is 0 Å². The van der Waals surface area contributed by atoms with Crippen LogP contribution in [0.2, 0.25) is 0 Å². The van der Waals surface area contributed by atoms with Crippen LogP contribution in [0.1, 0.15) is 28.4 Å². The molecule has 1 N–H and O–H groups in total. The molecule has 0 aliphatic carbocycles. The first-order valence-corrected chi connectivity index (χ1v) is 6.50. The van der Waals surface area contributed by atoms with Crippen LogP contribution in [-0.2, 0) is 0 Å². The Labute approximate surface area is 113 Å². The number of nitrogens with one attached hydrogen (secondary N) is 1. The molecule has 1 aliphatic rings. The number of nitrogens with zero attached hydrogens (tertiary/aromatic N) is 1. The zero-order valence-corrected chi connectivity index (χ0v) is 12.0. The molecule has 0 aromatic carbocycles. The SMILES string of the molecule is Cc1ccc(C(=O)N2CC(C)NCC2C)s1.Cl. The first-order valence-electron chi connectivity index (χ1n) is 5.68. The number of carbonyl (C=O) groups is 1. The fourth-order valence-electron chi connectivity index (χ4n) is 2.00. The molecule has 1 fully saturated rings. The third kappa shape index (κ3) is 3.21. The predicted octanol–water partition coefficient (Wildman–Crippen LogP) is 2.30. The fourth-order valence-corrected chi connectivity index (χ4v) is 2.82. The Hall–Kier alpha value is -0.580. The van der Waals surface area contributed by atoms with Crippen LogP contribution in [0.15, 0.2) is 12.1 Å². The summed E-state index contributed by atoms with van der Waals surface area (Å²) in [6.45, 7) is 7.93. The van der Waals surface area contributed by atoms with Crippen LogP contribution in [0.4, 0.5) is 0 Å². The van der Waals surface area contributed by atoms with Crippen molar-refractivity contribution in [2.45, 2.75) is 32.9 Å². The van der Waals surface area contributed by atoms with Gasteiger partial charge in [0, 0.05) is 30.1 Å². The summed E-state index contributed by atoms with van der Waals surface area (Å²) in [4.78, 5) is 16.3. The first-order chi connectivity index (χ1) is 7.58. The second-order valence-corrected chi connectivity index (χ2v) is 5.81. The van der Waals surface area contributed by atoms with E-state index >= 15 is 0 Å². The van der Waals surface area contributed by atoms with E-state index < -0.39 is 0 Å². The number of piperazine rings is 1. The van der Waals surface area contributed by atoms with Gasteiger partial charge in [-0.25, -0.2) is 0 Å². The Balaban J connectivity index is 0.00000144. The quantitative estimate of drug-likeness (QED) is 0.852. The van der Waals surface area contributed by atoms with E-state index in [1.165, 1.54) is 4.88 Å². The van der Waals surface area contributed by atoms with E-state index in [9.17, 15) is 4.79 Å². The molecule has 2 heterocycles. The summed E-state index contributed by atoms with van der Waals surface area (Å²) >= 11 is 1.58. The van der Waals surface area contributed by atoms with Crippen molar-refractivity contribution in [3.05, 3.63) is 21.9 Å². The lowest BCUT2D eigenvalue weighted by atomic mass is 10.1. The van der Waals surface area contributed by atoms with E-state index in [0.717, 1.165) is 18.0 Å². The predicted molar refractivity (Wildman–Crippen MR) is 74.3 cm³/mol. The van der Waals surface area contributed by atoms with E-state index in [0.29, 0.717) is 6.04 Å². The van der Waals surface area contributed by atoms with Crippen molar-refractivity contribution in [1.29, 1.82) is 0 Å². The maximum Gasteiger partial charge on any atom is 0.264 e. The summed E-state index contributed by atoms with van der Waals surface area (Å²) in [6.07, 6.45) is 0. The summed E-state index contributed by atoms with van der Waals surface area (Å²) < 4.78 is 0. The molecular formula is C12H19ClN2OS. The van der Waals surface area contributed by atoms with Crippen molar-refractivity contribution in [3.63, 3.8) is 0 Å². The molecule has 1 amide bonds. The van der Waals surface area contributed by atoms with Gasteiger partial charge in [-0.15, -0.1) is 23.7 Å². The normalized spacial score (nSPS) is 24.3. The molecule has 96 valence electrons. The van der Waals surface area contributed by atoms with E-state index in [1.807, 2.05) is 24.0 Å². The van der Waals surface area contributed by atoms with Crippen LogP contribution < -0.4 is 5.32 Å². The van der Waals surface area contributed by atoms with Crippen molar-refractivity contribution < 1.29 is 4.79 Å². The zero-order valence-electron chi connectivity index (χ0n) is 10.4. The van der Waals surface area contributed by atoms with Crippen LogP contribution in [0.5, 0.6) is 0 Å². The molecule has 0 spiro atoms. The van der Waals surface area contributed by atoms with Gasteiger partial charge in [-0.2, -0.15) is 0 Å². The van der Waals surface area contributed by atoms with Gasteiger partial charge in [-0.1, -0.05) is 0 Å². The molecule has 1 aromatic rings. The maximum atomic E-state index is 12.3. The van der Waals surface area contributed by atoms with Crippen LogP contribution in [0, 0.1) is 6.92 Å². The third-order valence-electron chi connectivity index (χ3n) is 2.98. The molecule has 0 radical (unpaired) electrons. The van der Waals surface area contributed by atoms with Gasteiger partial charge in [-0.3, -0.25) is 4.79 Å². The highest BCUT2D eigenvalue weighted by Crippen LogP contribution is 2.19. The molecule has 17 heavy (non-hydrogen) atoms. The number of thiophene rings is 1. The zero-order chi connectivity index (χ0) is 11.7. The van der Waals surface area contributed by atoms with Crippen molar-refractivity contribution >= 4 is 29.7 Å². The number of hydrogen-bond donors (Lipinski definition) is 1. The van der Waals surface area contributed by atoms with Crippen LogP contribution in [-0.4, -0.2) is 36.0 Å². The molecule has 2 unspecified atom stereocenters. The summed E-state index contributed by atoms with van der Waals surface area (Å²) in [5, 5.41) is 3.38. The highest BCUT2D eigenvalue weighted by molar-refractivity contribution is 7.13. The fraction of sp³-hybridized carbons (Fsp3) is 0.583. The Morgan fingerprint density at radius 2 is 2.18 bits per heavy atom. The van der Waals surface area contributed by atoms with E-state index in [1.54, 1.807) is 11.3 Å². The van der Waals surface area contributed by atoms with Crippen LogP contribution in [0.25, 0.3) is 0 Å². The number of aryl methyl sites for hydroxylation is 1. The van der Waals surface area contributed by atoms with Gasteiger partial charge in [0.15, 0.2) is 0 Å². The Kier molecular flexibility index (Phi) is 4.98. The van der Waals surface area contributed by atoms with Gasteiger partial charge < -0.3 is 10.2 Å². The Morgan fingerprint density at radius 3 is 2.76 bits per heavy atom. The largest absolute Gasteiger partial charge is 0.332 e. The van der Waals surface area contributed by atoms with E-state index in [2.05, 4.69) is 19.2 Å². The monoisotopic (exact) mass is 274 g/mol. The number of carbonyl (C=O) groups excluding carboxylic acids is 1. The molecule has 1 aliphatic heterocycles. The van der Waals surface area contributed by atoms with Crippen molar-refractivity contribution in [3.8, 4) is 0 Å². The molecular weight excluding hydrogens is 256 g/mol. The Bertz CT molecular complexity index is 394.